The molecule has 0 radical (unpaired) electrons. The first-order valence-electron chi connectivity index (χ1n) is 5.43. The highest BCUT2D eigenvalue weighted by Gasteiger charge is 2.08. The summed E-state index contributed by atoms with van der Waals surface area (Å²) in [7, 11) is -3.29. The van der Waals surface area contributed by atoms with Crippen LogP contribution in [-0.2, 0) is 19.1 Å². The Morgan fingerprint density at radius 2 is 1.67 bits per heavy atom. The first-order valence-corrected chi connectivity index (χ1v) is 7.01. The highest BCUT2D eigenvalue weighted by atomic mass is 32.2. The Labute approximate surface area is 92.1 Å². The first-order chi connectivity index (χ1) is 7.12. The van der Waals surface area contributed by atoms with Gasteiger partial charge in [0.1, 0.15) is 6.29 Å². The van der Waals surface area contributed by atoms with Crippen LogP contribution in [-0.4, -0.2) is 27.1 Å². The fourth-order valence-electron chi connectivity index (χ4n) is 1.28. The maximum absolute atomic E-state index is 11.1. The molecule has 0 rings (SSSR count). The van der Waals surface area contributed by atoms with E-state index in [1.165, 1.54) is 0 Å². The van der Waals surface area contributed by atoms with Crippen molar-refractivity contribution in [1.82, 2.24) is 0 Å². The maximum atomic E-state index is 11.1. The Morgan fingerprint density at radius 3 is 2.27 bits per heavy atom. The molecule has 0 spiro atoms. The molecule has 0 N–H and O–H groups in total. The third-order valence-electron chi connectivity index (χ3n) is 2.01. The standard InChI is InChI=1S/C10H20O4S/c1-2-14-15(12,13)10-8-6-4-3-5-7-9-11/h9H,2-8,10H2,1H3. The van der Waals surface area contributed by atoms with Crippen molar-refractivity contribution >= 4 is 16.4 Å². The molecule has 0 fully saturated rings. The predicted octanol–water partition coefficient (Wildman–Crippen LogP) is 1.89. The van der Waals surface area contributed by atoms with Crippen molar-refractivity contribution in [2.45, 2.75) is 45.4 Å². The molecule has 0 aromatic rings. The van der Waals surface area contributed by atoms with Crippen LogP contribution in [0.4, 0.5) is 0 Å². The van der Waals surface area contributed by atoms with Crippen LogP contribution in [0.2, 0.25) is 0 Å². The molecule has 0 unspecified atom stereocenters. The van der Waals surface area contributed by atoms with E-state index in [2.05, 4.69) is 4.18 Å². The van der Waals surface area contributed by atoms with Crippen LogP contribution >= 0.6 is 0 Å². The van der Waals surface area contributed by atoms with Gasteiger partial charge in [0.05, 0.1) is 12.4 Å². The van der Waals surface area contributed by atoms with E-state index in [9.17, 15) is 13.2 Å². The summed E-state index contributed by atoms with van der Waals surface area (Å²) in [5.74, 6) is 0.106. The number of carbonyl (C=O) groups excluding carboxylic acids is 1. The molecule has 0 bridgehead atoms. The molecule has 0 saturated heterocycles. The largest absolute Gasteiger partial charge is 0.303 e. The van der Waals surface area contributed by atoms with Crippen LogP contribution in [0.25, 0.3) is 0 Å². The summed E-state index contributed by atoms with van der Waals surface area (Å²) in [6.45, 7) is 1.87. The van der Waals surface area contributed by atoms with Crippen LogP contribution in [0.15, 0.2) is 0 Å². The lowest BCUT2D eigenvalue weighted by Gasteiger charge is -2.02. The van der Waals surface area contributed by atoms with E-state index < -0.39 is 10.1 Å². The van der Waals surface area contributed by atoms with Gasteiger partial charge in [-0.3, -0.25) is 4.18 Å². The Morgan fingerprint density at radius 1 is 1.07 bits per heavy atom. The molecule has 5 heteroatoms. The smallest absolute Gasteiger partial charge is 0.267 e. The molecule has 0 atom stereocenters. The van der Waals surface area contributed by atoms with E-state index in [0.717, 1.165) is 32.0 Å². The van der Waals surface area contributed by atoms with Crippen molar-refractivity contribution < 1.29 is 17.4 Å². The van der Waals surface area contributed by atoms with Crippen molar-refractivity contribution in [1.29, 1.82) is 0 Å². The van der Waals surface area contributed by atoms with Gasteiger partial charge in [-0.15, -0.1) is 0 Å². The van der Waals surface area contributed by atoms with E-state index in [1.807, 2.05) is 0 Å². The Bertz CT molecular complexity index is 246. The minimum absolute atomic E-state index is 0.106. The lowest BCUT2D eigenvalue weighted by molar-refractivity contribution is -0.107. The van der Waals surface area contributed by atoms with Gasteiger partial charge in [0.15, 0.2) is 0 Å². The summed E-state index contributed by atoms with van der Waals surface area (Å²) < 4.78 is 26.8. The fraction of sp³-hybridized carbons (Fsp3) is 0.900. The minimum Gasteiger partial charge on any atom is -0.303 e. The summed E-state index contributed by atoms with van der Waals surface area (Å²) in [5.41, 5.74) is 0. The SMILES string of the molecule is CCOS(=O)(=O)CCCCCCCC=O. The summed E-state index contributed by atoms with van der Waals surface area (Å²) in [6, 6.07) is 0. The number of unbranched alkanes of at least 4 members (excludes halogenated alkanes) is 5. The number of carbonyl (C=O) groups is 1. The molecule has 0 aliphatic rings. The van der Waals surface area contributed by atoms with Crippen LogP contribution in [0.1, 0.15) is 45.4 Å². The lowest BCUT2D eigenvalue weighted by atomic mass is 10.1. The average Bonchev–Trinajstić information content (AvgIpc) is 2.16. The molecule has 0 aromatic carbocycles. The Hall–Kier alpha value is -0.420. The molecular formula is C10H20O4S. The quantitative estimate of drug-likeness (QED) is 0.330. The van der Waals surface area contributed by atoms with Gasteiger partial charge in [0.2, 0.25) is 0 Å². The second-order valence-corrected chi connectivity index (χ2v) is 5.15. The molecule has 15 heavy (non-hydrogen) atoms. The monoisotopic (exact) mass is 236 g/mol. The molecule has 90 valence electrons. The van der Waals surface area contributed by atoms with Gasteiger partial charge in [0.25, 0.3) is 10.1 Å². The zero-order chi connectivity index (χ0) is 11.6. The van der Waals surface area contributed by atoms with Gasteiger partial charge in [-0.2, -0.15) is 8.42 Å². The summed E-state index contributed by atoms with van der Waals surface area (Å²) in [6.07, 6.45) is 5.93. The zero-order valence-electron chi connectivity index (χ0n) is 9.28. The number of rotatable bonds is 10. The van der Waals surface area contributed by atoms with E-state index in [4.69, 9.17) is 0 Å². The van der Waals surface area contributed by atoms with Gasteiger partial charge in [-0.1, -0.05) is 19.3 Å². The second kappa shape index (κ2) is 8.85. The van der Waals surface area contributed by atoms with Crippen LogP contribution < -0.4 is 0 Å². The highest BCUT2D eigenvalue weighted by Crippen LogP contribution is 2.06. The molecule has 0 aromatic heterocycles. The third kappa shape index (κ3) is 9.87. The molecule has 0 aliphatic carbocycles. The van der Waals surface area contributed by atoms with Crippen LogP contribution in [0, 0.1) is 0 Å². The summed E-state index contributed by atoms with van der Waals surface area (Å²) in [5, 5.41) is 0. The highest BCUT2D eigenvalue weighted by molar-refractivity contribution is 7.86. The van der Waals surface area contributed by atoms with Crippen molar-refractivity contribution in [2.24, 2.45) is 0 Å². The van der Waals surface area contributed by atoms with Crippen LogP contribution in [0.3, 0.4) is 0 Å². The fourth-order valence-corrected chi connectivity index (χ4v) is 2.31. The molecule has 4 nitrogen and oxygen atoms in total. The third-order valence-corrected chi connectivity index (χ3v) is 3.40. The van der Waals surface area contributed by atoms with E-state index in [-0.39, 0.29) is 12.4 Å². The van der Waals surface area contributed by atoms with Crippen molar-refractivity contribution in [3.8, 4) is 0 Å². The molecule has 0 aliphatic heterocycles. The zero-order valence-corrected chi connectivity index (χ0v) is 10.1. The number of hydrogen-bond donors (Lipinski definition) is 0. The normalized spacial score (nSPS) is 11.5. The van der Waals surface area contributed by atoms with E-state index in [0.29, 0.717) is 12.8 Å². The maximum Gasteiger partial charge on any atom is 0.267 e. The topological polar surface area (TPSA) is 60.4 Å². The van der Waals surface area contributed by atoms with Gasteiger partial charge >= 0.3 is 0 Å². The van der Waals surface area contributed by atoms with Crippen molar-refractivity contribution in [3.63, 3.8) is 0 Å². The van der Waals surface area contributed by atoms with Gasteiger partial charge in [-0.25, -0.2) is 0 Å². The molecule has 0 heterocycles. The second-order valence-electron chi connectivity index (χ2n) is 3.39. The summed E-state index contributed by atoms with van der Waals surface area (Å²) >= 11 is 0. The predicted molar refractivity (Wildman–Crippen MR) is 59.2 cm³/mol. The Balaban J connectivity index is 3.34. The van der Waals surface area contributed by atoms with Gasteiger partial charge < -0.3 is 4.79 Å². The molecule has 0 saturated carbocycles. The van der Waals surface area contributed by atoms with Crippen molar-refractivity contribution in [3.05, 3.63) is 0 Å². The molecular weight excluding hydrogens is 216 g/mol. The van der Waals surface area contributed by atoms with Crippen molar-refractivity contribution in [2.75, 3.05) is 12.4 Å². The van der Waals surface area contributed by atoms with Gasteiger partial charge in [-0.05, 0) is 19.8 Å². The van der Waals surface area contributed by atoms with Gasteiger partial charge in [0, 0.05) is 6.42 Å². The number of aldehydes is 1. The summed E-state index contributed by atoms with van der Waals surface area (Å²) in [4.78, 5) is 10.0. The number of hydrogen-bond acceptors (Lipinski definition) is 4. The average molecular weight is 236 g/mol. The van der Waals surface area contributed by atoms with E-state index >= 15 is 0 Å². The van der Waals surface area contributed by atoms with E-state index in [1.54, 1.807) is 6.92 Å². The van der Waals surface area contributed by atoms with Crippen LogP contribution in [0.5, 0.6) is 0 Å². The minimum atomic E-state index is -3.29. The lowest BCUT2D eigenvalue weighted by Crippen LogP contribution is -2.10. The Kier molecular flexibility index (Phi) is 8.61. The first kappa shape index (κ1) is 14.6. The molecule has 0 amide bonds.